The summed E-state index contributed by atoms with van der Waals surface area (Å²) in [6, 6.07) is 5.56. The maximum absolute atomic E-state index is 12.1. The standard InChI is InChI=1S/C16H14BrClN2O2/c17-12-7-9-1-2-10(18)8-11(9)15(12)3-5-16(6-4-15)13(21)19-14(22)20-16/h1-2,7-8H,3-6H2,(H2,19,20,21,22). The van der Waals surface area contributed by atoms with Crippen LogP contribution in [0.5, 0.6) is 0 Å². The van der Waals surface area contributed by atoms with E-state index in [0.717, 1.165) is 22.3 Å². The van der Waals surface area contributed by atoms with Crippen molar-refractivity contribution in [3.05, 3.63) is 38.8 Å². The van der Waals surface area contributed by atoms with Crippen molar-refractivity contribution in [3.8, 4) is 0 Å². The van der Waals surface area contributed by atoms with E-state index in [1.807, 2.05) is 18.2 Å². The van der Waals surface area contributed by atoms with Gasteiger partial charge in [-0.3, -0.25) is 10.1 Å². The number of hydrogen-bond donors (Lipinski definition) is 2. The molecule has 2 aliphatic carbocycles. The Hall–Kier alpha value is -1.33. The van der Waals surface area contributed by atoms with Crippen molar-refractivity contribution < 1.29 is 9.59 Å². The van der Waals surface area contributed by atoms with Crippen molar-refractivity contribution in [1.82, 2.24) is 10.6 Å². The van der Waals surface area contributed by atoms with Crippen LogP contribution >= 0.6 is 27.5 Å². The fourth-order valence-corrected chi connectivity index (χ4v) is 4.99. The number of amides is 3. The third-order valence-corrected chi connectivity index (χ3v) is 6.46. The average Bonchev–Trinajstić information content (AvgIpc) is 2.90. The Labute approximate surface area is 141 Å². The molecule has 1 aromatic rings. The summed E-state index contributed by atoms with van der Waals surface area (Å²) in [5.74, 6) is -0.197. The largest absolute Gasteiger partial charge is 0.323 e. The van der Waals surface area contributed by atoms with E-state index in [1.165, 1.54) is 11.1 Å². The lowest BCUT2D eigenvalue weighted by atomic mass is 9.65. The first-order valence-corrected chi connectivity index (χ1v) is 8.44. The van der Waals surface area contributed by atoms with E-state index in [2.05, 4.69) is 32.6 Å². The summed E-state index contributed by atoms with van der Waals surface area (Å²) in [6.45, 7) is 0. The van der Waals surface area contributed by atoms with E-state index in [1.54, 1.807) is 0 Å². The molecule has 1 heterocycles. The average molecular weight is 382 g/mol. The highest BCUT2D eigenvalue weighted by molar-refractivity contribution is 9.11. The van der Waals surface area contributed by atoms with E-state index in [9.17, 15) is 9.59 Å². The van der Waals surface area contributed by atoms with Crippen LogP contribution in [0.1, 0.15) is 36.8 Å². The summed E-state index contributed by atoms with van der Waals surface area (Å²) < 4.78 is 1.14. The van der Waals surface area contributed by atoms with E-state index in [-0.39, 0.29) is 17.4 Å². The summed E-state index contributed by atoms with van der Waals surface area (Å²) in [6.07, 6.45) is 4.98. The number of nitrogens with one attached hydrogen (secondary N) is 2. The lowest BCUT2D eigenvalue weighted by molar-refractivity contribution is -0.125. The highest BCUT2D eigenvalue weighted by atomic mass is 79.9. The van der Waals surface area contributed by atoms with Gasteiger partial charge in [0, 0.05) is 14.9 Å². The summed E-state index contributed by atoms with van der Waals surface area (Å²) in [5.41, 5.74) is 1.52. The minimum atomic E-state index is -0.739. The van der Waals surface area contributed by atoms with Gasteiger partial charge in [-0.25, -0.2) is 4.79 Å². The second kappa shape index (κ2) is 4.59. The third-order valence-electron chi connectivity index (χ3n) is 5.24. The van der Waals surface area contributed by atoms with Crippen LogP contribution in [0, 0.1) is 0 Å². The van der Waals surface area contributed by atoms with Crippen LogP contribution in [0.15, 0.2) is 22.7 Å². The monoisotopic (exact) mass is 380 g/mol. The van der Waals surface area contributed by atoms with Crippen LogP contribution in [0.4, 0.5) is 4.79 Å². The molecule has 0 bridgehead atoms. The van der Waals surface area contributed by atoms with Gasteiger partial charge in [0.05, 0.1) is 0 Å². The van der Waals surface area contributed by atoms with Gasteiger partial charge in [-0.05, 0) is 55.0 Å². The van der Waals surface area contributed by atoms with Gasteiger partial charge in [0.1, 0.15) is 5.54 Å². The van der Waals surface area contributed by atoms with E-state index < -0.39 is 5.54 Å². The van der Waals surface area contributed by atoms with Crippen LogP contribution in [-0.4, -0.2) is 17.5 Å². The molecule has 1 saturated carbocycles. The lowest BCUT2D eigenvalue weighted by Gasteiger charge is -2.42. The number of hydrogen-bond acceptors (Lipinski definition) is 2. The minimum Gasteiger partial charge on any atom is -0.323 e. The molecule has 4 rings (SSSR count). The first kappa shape index (κ1) is 14.3. The maximum Gasteiger partial charge on any atom is 0.322 e. The van der Waals surface area contributed by atoms with Gasteiger partial charge in [-0.2, -0.15) is 0 Å². The molecule has 1 aliphatic heterocycles. The Morgan fingerprint density at radius 1 is 1.14 bits per heavy atom. The van der Waals surface area contributed by atoms with Crippen LogP contribution in [0.2, 0.25) is 5.02 Å². The molecule has 0 atom stereocenters. The second-order valence-electron chi connectivity index (χ2n) is 6.30. The number of imide groups is 1. The van der Waals surface area contributed by atoms with Gasteiger partial charge in [-0.15, -0.1) is 0 Å². The Bertz CT molecular complexity index is 736. The summed E-state index contributed by atoms with van der Waals surface area (Å²) in [7, 11) is 0. The normalized spacial score (nSPS) is 32.9. The van der Waals surface area contributed by atoms with Crippen molar-refractivity contribution >= 4 is 45.5 Å². The number of carbonyl (C=O) groups excluding carboxylic acids is 2. The number of benzene rings is 1. The van der Waals surface area contributed by atoms with Gasteiger partial charge >= 0.3 is 6.03 Å². The van der Waals surface area contributed by atoms with Crippen LogP contribution in [-0.2, 0) is 10.2 Å². The van der Waals surface area contributed by atoms with Gasteiger partial charge < -0.3 is 5.32 Å². The smallest absolute Gasteiger partial charge is 0.322 e. The number of rotatable bonds is 0. The SMILES string of the molecule is O=C1NC(=O)C2(CCC3(CC2)C(Br)=Cc2ccc(Cl)cc23)N1. The molecule has 1 saturated heterocycles. The molecule has 3 aliphatic rings. The molecule has 2 fully saturated rings. The van der Waals surface area contributed by atoms with Crippen LogP contribution in [0.25, 0.3) is 6.08 Å². The van der Waals surface area contributed by atoms with Gasteiger partial charge in [0.15, 0.2) is 0 Å². The first-order valence-electron chi connectivity index (χ1n) is 7.27. The van der Waals surface area contributed by atoms with Crippen LogP contribution < -0.4 is 10.6 Å². The molecular formula is C16H14BrClN2O2. The zero-order chi connectivity index (χ0) is 15.5. The Kier molecular flexibility index (Phi) is 2.97. The molecule has 22 heavy (non-hydrogen) atoms. The summed E-state index contributed by atoms with van der Waals surface area (Å²) >= 11 is 9.89. The van der Waals surface area contributed by atoms with Gasteiger partial charge in [0.25, 0.3) is 5.91 Å². The molecule has 114 valence electrons. The Balaban J connectivity index is 1.69. The van der Waals surface area contributed by atoms with Crippen molar-refractivity contribution in [2.45, 2.75) is 36.6 Å². The second-order valence-corrected chi connectivity index (χ2v) is 7.59. The predicted octanol–water partition coefficient (Wildman–Crippen LogP) is 3.48. The molecule has 2 spiro atoms. The highest BCUT2D eigenvalue weighted by Crippen LogP contribution is 2.55. The van der Waals surface area contributed by atoms with Crippen molar-refractivity contribution in [2.75, 3.05) is 0 Å². The van der Waals surface area contributed by atoms with Crippen molar-refractivity contribution in [1.29, 1.82) is 0 Å². The topological polar surface area (TPSA) is 58.2 Å². The molecule has 6 heteroatoms. The van der Waals surface area contributed by atoms with Crippen molar-refractivity contribution in [3.63, 3.8) is 0 Å². The first-order chi connectivity index (χ1) is 10.5. The maximum atomic E-state index is 12.1. The highest BCUT2D eigenvalue weighted by Gasteiger charge is 2.54. The predicted molar refractivity (Wildman–Crippen MR) is 87.9 cm³/mol. The summed E-state index contributed by atoms with van der Waals surface area (Å²) in [5, 5.41) is 5.90. The molecular weight excluding hydrogens is 368 g/mol. The minimum absolute atomic E-state index is 0.126. The fourth-order valence-electron chi connectivity index (χ4n) is 3.96. The molecule has 1 aromatic carbocycles. The zero-order valence-corrected chi connectivity index (χ0v) is 14.1. The number of fused-ring (bicyclic) bond motifs is 2. The quantitative estimate of drug-likeness (QED) is 0.676. The number of urea groups is 1. The van der Waals surface area contributed by atoms with Gasteiger partial charge in [-0.1, -0.05) is 33.6 Å². The lowest BCUT2D eigenvalue weighted by Crippen LogP contribution is -2.52. The summed E-state index contributed by atoms with van der Waals surface area (Å²) in [4.78, 5) is 23.6. The molecule has 0 aromatic heterocycles. The molecule has 2 N–H and O–H groups in total. The number of carbonyl (C=O) groups is 2. The Morgan fingerprint density at radius 2 is 1.86 bits per heavy atom. The zero-order valence-electron chi connectivity index (χ0n) is 11.7. The van der Waals surface area contributed by atoms with E-state index in [0.29, 0.717) is 12.8 Å². The third kappa shape index (κ3) is 1.82. The number of halogens is 2. The molecule has 0 radical (unpaired) electrons. The fraction of sp³-hybridized carbons (Fsp3) is 0.375. The van der Waals surface area contributed by atoms with Crippen LogP contribution in [0.3, 0.4) is 0 Å². The van der Waals surface area contributed by atoms with Gasteiger partial charge in [0.2, 0.25) is 0 Å². The van der Waals surface area contributed by atoms with E-state index in [4.69, 9.17) is 11.6 Å². The number of allylic oxidation sites excluding steroid dienone is 1. The Morgan fingerprint density at radius 3 is 2.50 bits per heavy atom. The molecule has 3 amide bonds. The molecule has 4 nitrogen and oxygen atoms in total. The molecule has 0 unspecified atom stereocenters. The van der Waals surface area contributed by atoms with Crippen molar-refractivity contribution in [2.24, 2.45) is 0 Å². The van der Waals surface area contributed by atoms with E-state index >= 15 is 0 Å².